The molecular formula is C15H17ClN2O. The zero-order valence-corrected chi connectivity index (χ0v) is 12.0. The first-order valence-electron chi connectivity index (χ1n) is 6.60. The zero-order chi connectivity index (χ0) is 13.4. The van der Waals surface area contributed by atoms with Crippen LogP contribution in [0.15, 0.2) is 22.7 Å². The molecule has 3 nitrogen and oxygen atoms in total. The maximum absolute atomic E-state index is 6.07. The number of nitrogens with zero attached hydrogens (tertiary/aromatic N) is 2. The van der Waals surface area contributed by atoms with Gasteiger partial charge in [0.2, 0.25) is 0 Å². The van der Waals surface area contributed by atoms with Crippen LogP contribution in [-0.4, -0.2) is 11.7 Å². The van der Waals surface area contributed by atoms with Crippen molar-refractivity contribution in [3.8, 4) is 0 Å². The third-order valence-electron chi connectivity index (χ3n) is 3.79. The van der Waals surface area contributed by atoms with Gasteiger partial charge in [0.15, 0.2) is 0 Å². The van der Waals surface area contributed by atoms with Gasteiger partial charge in [-0.05, 0) is 50.5 Å². The Bertz CT molecular complexity index is 587. The molecule has 0 atom stereocenters. The molecule has 0 amide bonds. The maximum Gasteiger partial charge on any atom is 0.138 e. The fourth-order valence-electron chi connectivity index (χ4n) is 2.73. The Balaban J connectivity index is 1.92. The molecule has 2 aromatic rings. The van der Waals surface area contributed by atoms with Crippen LogP contribution >= 0.6 is 11.6 Å². The van der Waals surface area contributed by atoms with Gasteiger partial charge in [0.05, 0.1) is 5.69 Å². The second kappa shape index (κ2) is 4.89. The average molecular weight is 277 g/mol. The van der Waals surface area contributed by atoms with E-state index in [1.807, 2.05) is 19.9 Å². The van der Waals surface area contributed by atoms with Crippen molar-refractivity contribution in [1.82, 2.24) is 5.16 Å². The number of aromatic nitrogens is 1. The summed E-state index contributed by atoms with van der Waals surface area (Å²) in [5, 5.41) is 4.85. The second-order valence-electron chi connectivity index (χ2n) is 5.10. The monoisotopic (exact) mass is 276 g/mol. The lowest BCUT2D eigenvalue weighted by molar-refractivity contribution is 0.392. The molecule has 1 aliphatic rings. The average Bonchev–Trinajstić information content (AvgIpc) is 2.70. The van der Waals surface area contributed by atoms with Crippen LogP contribution in [0, 0.1) is 13.8 Å². The van der Waals surface area contributed by atoms with E-state index in [-0.39, 0.29) is 0 Å². The molecule has 0 fully saturated rings. The van der Waals surface area contributed by atoms with Crippen LogP contribution in [0.2, 0.25) is 5.02 Å². The Morgan fingerprint density at radius 2 is 2.21 bits per heavy atom. The van der Waals surface area contributed by atoms with E-state index in [0.29, 0.717) is 0 Å². The van der Waals surface area contributed by atoms with Gasteiger partial charge in [-0.3, -0.25) is 0 Å². The van der Waals surface area contributed by atoms with Crippen molar-refractivity contribution < 1.29 is 4.52 Å². The summed E-state index contributed by atoms with van der Waals surface area (Å²) >= 11 is 6.07. The van der Waals surface area contributed by atoms with Crippen molar-refractivity contribution in [2.75, 3.05) is 11.4 Å². The Labute approximate surface area is 118 Å². The normalized spacial score (nSPS) is 14.6. The highest BCUT2D eigenvalue weighted by molar-refractivity contribution is 6.30. The van der Waals surface area contributed by atoms with Crippen molar-refractivity contribution in [3.05, 3.63) is 45.8 Å². The smallest absolute Gasteiger partial charge is 0.138 e. The van der Waals surface area contributed by atoms with E-state index in [1.54, 1.807) is 0 Å². The van der Waals surface area contributed by atoms with Gasteiger partial charge in [0, 0.05) is 29.4 Å². The topological polar surface area (TPSA) is 29.3 Å². The lowest BCUT2D eigenvalue weighted by Crippen LogP contribution is -2.29. The molecule has 0 bridgehead atoms. The number of aryl methyl sites for hydroxylation is 3. The standard InChI is InChI=1S/C15H17ClN2O/c1-10-14(11(2)19-17-10)9-18-7-3-4-12-8-13(16)5-6-15(12)18/h5-6,8H,3-4,7,9H2,1-2H3. The first-order valence-corrected chi connectivity index (χ1v) is 6.98. The fourth-order valence-corrected chi connectivity index (χ4v) is 2.92. The minimum Gasteiger partial charge on any atom is -0.367 e. The number of rotatable bonds is 2. The van der Waals surface area contributed by atoms with Crippen LogP contribution < -0.4 is 4.90 Å². The van der Waals surface area contributed by atoms with Crippen molar-refractivity contribution in [2.45, 2.75) is 33.2 Å². The summed E-state index contributed by atoms with van der Waals surface area (Å²) in [7, 11) is 0. The quantitative estimate of drug-likeness (QED) is 0.833. The summed E-state index contributed by atoms with van der Waals surface area (Å²) in [6.07, 6.45) is 2.27. The predicted molar refractivity (Wildman–Crippen MR) is 76.8 cm³/mol. The molecule has 3 rings (SSSR count). The first kappa shape index (κ1) is 12.5. The highest BCUT2D eigenvalue weighted by Crippen LogP contribution is 2.31. The summed E-state index contributed by atoms with van der Waals surface area (Å²) < 4.78 is 5.25. The molecule has 0 radical (unpaired) electrons. The summed E-state index contributed by atoms with van der Waals surface area (Å²) in [6, 6.07) is 6.16. The maximum atomic E-state index is 6.07. The van der Waals surface area contributed by atoms with E-state index in [0.717, 1.165) is 42.4 Å². The van der Waals surface area contributed by atoms with Gasteiger partial charge < -0.3 is 9.42 Å². The van der Waals surface area contributed by atoms with Crippen LogP contribution in [0.5, 0.6) is 0 Å². The SMILES string of the molecule is Cc1noc(C)c1CN1CCCc2cc(Cl)ccc21. The van der Waals surface area contributed by atoms with Crippen molar-refractivity contribution in [2.24, 2.45) is 0 Å². The number of hydrogen-bond donors (Lipinski definition) is 0. The molecule has 0 saturated heterocycles. The minimum absolute atomic E-state index is 0.818. The molecule has 19 heavy (non-hydrogen) atoms. The van der Waals surface area contributed by atoms with E-state index < -0.39 is 0 Å². The lowest BCUT2D eigenvalue weighted by atomic mass is 10.0. The van der Waals surface area contributed by atoms with Crippen molar-refractivity contribution in [1.29, 1.82) is 0 Å². The van der Waals surface area contributed by atoms with Crippen LogP contribution in [0.25, 0.3) is 0 Å². The van der Waals surface area contributed by atoms with Gasteiger partial charge in [-0.1, -0.05) is 16.8 Å². The van der Waals surface area contributed by atoms with Crippen LogP contribution in [0.1, 0.15) is 29.0 Å². The van der Waals surface area contributed by atoms with E-state index in [9.17, 15) is 0 Å². The molecule has 0 saturated carbocycles. The predicted octanol–water partition coefficient (Wildman–Crippen LogP) is 3.90. The minimum atomic E-state index is 0.818. The Morgan fingerprint density at radius 1 is 1.37 bits per heavy atom. The molecule has 0 spiro atoms. The summed E-state index contributed by atoms with van der Waals surface area (Å²) in [5.41, 5.74) is 4.81. The van der Waals surface area contributed by atoms with E-state index in [4.69, 9.17) is 16.1 Å². The largest absolute Gasteiger partial charge is 0.367 e. The Morgan fingerprint density at radius 3 is 2.95 bits per heavy atom. The molecule has 0 unspecified atom stereocenters. The van der Waals surface area contributed by atoms with Gasteiger partial charge in [0.25, 0.3) is 0 Å². The van der Waals surface area contributed by atoms with Gasteiger partial charge in [-0.2, -0.15) is 0 Å². The van der Waals surface area contributed by atoms with Crippen LogP contribution in [0.4, 0.5) is 5.69 Å². The van der Waals surface area contributed by atoms with Crippen LogP contribution in [-0.2, 0) is 13.0 Å². The molecule has 1 aromatic carbocycles. The summed E-state index contributed by atoms with van der Waals surface area (Å²) in [5.74, 6) is 0.915. The second-order valence-corrected chi connectivity index (χ2v) is 5.54. The zero-order valence-electron chi connectivity index (χ0n) is 11.2. The molecular weight excluding hydrogens is 260 g/mol. The summed E-state index contributed by atoms with van der Waals surface area (Å²) in [4.78, 5) is 2.39. The van der Waals surface area contributed by atoms with Gasteiger partial charge in [-0.25, -0.2) is 0 Å². The molecule has 4 heteroatoms. The van der Waals surface area contributed by atoms with E-state index in [2.05, 4.69) is 22.2 Å². The van der Waals surface area contributed by atoms with E-state index >= 15 is 0 Å². The van der Waals surface area contributed by atoms with Crippen molar-refractivity contribution in [3.63, 3.8) is 0 Å². The number of benzene rings is 1. The number of fused-ring (bicyclic) bond motifs is 1. The lowest BCUT2D eigenvalue weighted by Gasteiger charge is -2.31. The third-order valence-corrected chi connectivity index (χ3v) is 4.02. The molecule has 0 N–H and O–H groups in total. The van der Waals surface area contributed by atoms with Gasteiger partial charge >= 0.3 is 0 Å². The van der Waals surface area contributed by atoms with Crippen molar-refractivity contribution >= 4 is 17.3 Å². The Kier molecular flexibility index (Phi) is 3.23. The fraction of sp³-hybridized carbons (Fsp3) is 0.400. The highest BCUT2D eigenvalue weighted by atomic mass is 35.5. The van der Waals surface area contributed by atoms with Gasteiger partial charge in [-0.15, -0.1) is 0 Å². The molecule has 100 valence electrons. The molecule has 1 aromatic heterocycles. The molecule has 2 heterocycles. The third kappa shape index (κ3) is 2.35. The van der Waals surface area contributed by atoms with Gasteiger partial charge in [0.1, 0.15) is 5.76 Å². The molecule has 0 aliphatic carbocycles. The number of halogens is 1. The summed E-state index contributed by atoms with van der Waals surface area (Å²) in [6.45, 7) is 5.90. The van der Waals surface area contributed by atoms with Crippen LogP contribution in [0.3, 0.4) is 0 Å². The highest BCUT2D eigenvalue weighted by Gasteiger charge is 2.20. The Hall–Kier alpha value is -1.48. The van der Waals surface area contributed by atoms with E-state index in [1.165, 1.54) is 16.8 Å². The molecule has 1 aliphatic heterocycles. The number of anilines is 1. The number of hydrogen-bond acceptors (Lipinski definition) is 3. The first-order chi connectivity index (χ1) is 9.15.